The third-order valence-corrected chi connectivity index (χ3v) is 6.88. The summed E-state index contributed by atoms with van der Waals surface area (Å²) in [6, 6.07) is 20.9. The highest BCUT2D eigenvalue weighted by Gasteiger charge is 2.18. The van der Waals surface area contributed by atoms with Crippen LogP contribution in [0.2, 0.25) is 0 Å². The van der Waals surface area contributed by atoms with Gasteiger partial charge in [-0.15, -0.1) is 11.3 Å². The number of rotatable bonds is 6. The maximum absolute atomic E-state index is 5.51. The van der Waals surface area contributed by atoms with Crippen molar-refractivity contribution in [2.45, 2.75) is 6.54 Å². The summed E-state index contributed by atoms with van der Waals surface area (Å²) in [5.74, 6) is 1.44. The summed E-state index contributed by atoms with van der Waals surface area (Å²) >= 11 is 1.67. The van der Waals surface area contributed by atoms with Crippen molar-refractivity contribution >= 4 is 50.4 Å². The molecule has 1 N–H and O–H groups in total. The third kappa shape index (κ3) is 4.13. The van der Waals surface area contributed by atoms with Crippen LogP contribution in [0.4, 0.5) is 11.8 Å². The average molecular weight is 469 g/mol. The zero-order chi connectivity index (χ0) is 22.7. The van der Waals surface area contributed by atoms with E-state index in [0.717, 1.165) is 46.6 Å². The van der Waals surface area contributed by atoms with E-state index in [1.807, 2.05) is 18.3 Å². The maximum Gasteiger partial charge on any atom is 0.246 e. The fourth-order valence-corrected chi connectivity index (χ4v) is 5.18. The molecule has 8 heteroatoms. The van der Waals surface area contributed by atoms with Gasteiger partial charge < -0.3 is 14.2 Å². The quantitative estimate of drug-likeness (QED) is 0.281. The number of anilines is 2. The summed E-state index contributed by atoms with van der Waals surface area (Å²) in [4.78, 5) is 11.7. The number of hydrazone groups is 1. The molecule has 1 fully saturated rings. The number of hydrogen-bond acceptors (Lipinski definition) is 7. The molecule has 0 saturated carbocycles. The summed E-state index contributed by atoms with van der Waals surface area (Å²) in [5.41, 5.74) is 7.48. The molecule has 170 valence electrons. The van der Waals surface area contributed by atoms with Crippen LogP contribution < -0.4 is 10.3 Å². The van der Waals surface area contributed by atoms with Crippen LogP contribution in [-0.4, -0.2) is 47.1 Å². The Morgan fingerprint density at radius 3 is 2.71 bits per heavy atom. The first-order valence-electron chi connectivity index (χ1n) is 11.3. The summed E-state index contributed by atoms with van der Waals surface area (Å²) in [7, 11) is 0. The van der Waals surface area contributed by atoms with Crippen molar-refractivity contribution in [1.82, 2.24) is 14.5 Å². The highest BCUT2D eigenvalue weighted by molar-refractivity contribution is 7.17. The molecule has 0 radical (unpaired) electrons. The summed E-state index contributed by atoms with van der Waals surface area (Å²) in [6.07, 6.45) is 3.99. The molecule has 0 amide bonds. The van der Waals surface area contributed by atoms with Gasteiger partial charge in [0.25, 0.3) is 0 Å². The topological polar surface area (TPSA) is 67.6 Å². The molecule has 0 aliphatic carbocycles. The zero-order valence-electron chi connectivity index (χ0n) is 18.6. The molecule has 3 aromatic heterocycles. The van der Waals surface area contributed by atoms with Crippen LogP contribution in [0.1, 0.15) is 11.1 Å². The maximum atomic E-state index is 5.51. The number of thiophene rings is 1. The molecule has 34 heavy (non-hydrogen) atoms. The molecule has 7 nitrogen and oxygen atoms in total. The Morgan fingerprint density at radius 2 is 1.82 bits per heavy atom. The average Bonchev–Trinajstić information content (AvgIpc) is 3.50. The van der Waals surface area contributed by atoms with Crippen LogP contribution in [-0.2, 0) is 11.3 Å². The molecule has 1 saturated heterocycles. The van der Waals surface area contributed by atoms with Crippen molar-refractivity contribution < 1.29 is 4.74 Å². The fourth-order valence-electron chi connectivity index (χ4n) is 4.34. The Morgan fingerprint density at radius 1 is 1.00 bits per heavy atom. The molecule has 1 aliphatic rings. The van der Waals surface area contributed by atoms with Crippen LogP contribution in [0.25, 0.3) is 21.1 Å². The van der Waals surface area contributed by atoms with E-state index in [4.69, 9.17) is 9.72 Å². The molecule has 0 spiro atoms. The van der Waals surface area contributed by atoms with Gasteiger partial charge in [-0.3, -0.25) is 0 Å². The number of aromatic nitrogens is 3. The zero-order valence-corrected chi connectivity index (χ0v) is 19.4. The highest BCUT2D eigenvalue weighted by Crippen LogP contribution is 2.30. The number of benzene rings is 2. The summed E-state index contributed by atoms with van der Waals surface area (Å²) in [6.45, 7) is 3.89. The lowest BCUT2D eigenvalue weighted by atomic mass is 10.2. The highest BCUT2D eigenvalue weighted by atomic mass is 32.1. The minimum atomic E-state index is 0.497. The van der Waals surface area contributed by atoms with E-state index in [1.54, 1.807) is 11.3 Å². The minimum absolute atomic E-state index is 0.497. The van der Waals surface area contributed by atoms with Gasteiger partial charge in [0, 0.05) is 42.3 Å². The Balaban J connectivity index is 1.28. The van der Waals surface area contributed by atoms with Gasteiger partial charge in [0.15, 0.2) is 5.82 Å². The van der Waals surface area contributed by atoms with Crippen molar-refractivity contribution in [2.75, 3.05) is 36.6 Å². The fraction of sp³-hybridized carbons (Fsp3) is 0.192. The van der Waals surface area contributed by atoms with Gasteiger partial charge in [-0.05, 0) is 23.1 Å². The van der Waals surface area contributed by atoms with Gasteiger partial charge in [0.1, 0.15) is 0 Å². The van der Waals surface area contributed by atoms with Crippen molar-refractivity contribution in [2.24, 2.45) is 5.10 Å². The van der Waals surface area contributed by atoms with Crippen molar-refractivity contribution in [3.63, 3.8) is 0 Å². The van der Waals surface area contributed by atoms with E-state index >= 15 is 0 Å². The van der Waals surface area contributed by atoms with E-state index in [2.05, 4.69) is 85.1 Å². The van der Waals surface area contributed by atoms with Gasteiger partial charge in [0.05, 0.1) is 29.6 Å². The smallest absolute Gasteiger partial charge is 0.246 e. The number of fused-ring (bicyclic) bond motifs is 2. The predicted molar refractivity (Wildman–Crippen MR) is 139 cm³/mol. The lowest BCUT2D eigenvalue weighted by Crippen LogP contribution is -2.36. The van der Waals surface area contributed by atoms with E-state index in [0.29, 0.717) is 19.2 Å². The monoisotopic (exact) mass is 468 g/mol. The normalized spacial score (nSPS) is 14.4. The number of hydrogen-bond donors (Lipinski definition) is 1. The molecule has 5 aromatic rings. The van der Waals surface area contributed by atoms with Gasteiger partial charge in [-0.25, -0.2) is 10.4 Å². The van der Waals surface area contributed by atoms with Crippen LogP contribution in [0.3, 0.4) is 0 Å². The van der Waals surface area contributed by atoms with Crippen LogP contribution in [0.5, 0.6) is 0 Å². The second-order valence-electron chi connectivity index (χ2n) is 8.19. The van der Waals surface area contributed by atoms with E-state index in [-0.39, 0.29) is 0 Å². The largest absolute Gasteiger partial charge is 0.378 e. The molecular weight excluding hydrogens is 444 g/mol. The summed E-state index contributed by atoms with van der Waals surface area (Å²) < 4.78 is 8.87. The van der Waals surface area contributed by atoms with Crippen LogP contribution in [0, 0.1) is 0 Å². The SMILES string of the molecule is C(=N\Nc1nc(N2CCOCC2)c2sccc2n1)/c1cn(Cc2ccccc2)c2ccccc12. The van der Waals surface area contributed by atoms with Crippen molar-refractivity contribution in [1.29, 1.82) is 0 Å². The van der Waals surface area contributed by atoms with Crippen LogP contribution in [0.15, 0.2) is 77.3 Å². The van der Waals surface area contributed by atoms with Gasteiger partial charge in [0.2, 0.25) is 5.95 Å². The first-order valence-corrected chi connectivity index (χ1v) is 12.2. The minimum Gasteiger partial charge on any atom is -0.378 e. The Kier molecular flexibility index (Phi) is 5.66. The third-order valence-electron chi connectivity index (χ3n) is 5.98. The van der Waals surface area contributed by atoms with Crippen molar-refractivity contribution in [3.05, 3.63) is 83.4 Å². The first-order chi connectivity index (χ1) is 16.8. The number of nitrogens with zero attached hydrogens (tertiary/aromatic N) is 5. The summed E-state index contributed by atoms with van der Waals surface area (Å²) in [5, 5.41) is 7.72. The number of nitrogens with one attached hydrogen (secondary N) is 1. The Bertz CT molecular complexity index is 1450. The number of para-hydroxylation sites is 1. The van der Waals surface area contributed by atoms with Gasteiger partial charge in [-0.1, -0.05) is 48.5 Å². The first kappa shape index (κ1) is 20.8. The number of morpholine rings is 1. The lowest BCUT2D eigenvalue weighted by Gasteiger charge is -2.28. The molecule has 2 aromatic carbocycles. The molecule has 0 unspecified atom stereocenters. The number of ether oxygens (including phenoxy) is 1. The molecule has 0 bridgehead atoms. The second-order valence-corrected chi connectivity index (χ2v) is 9.11. The van der Waals surface area contributed by atoms with E-state index < -0.39 is 0 Å². The van der Waals surface area contributed by atoms with Crippen molar-refractivity contribution in [3.8, 4) is 0 Å². The van der Waals surface area contributed by atoms with Gasteiger partial charge in [-0.2, -0.15) is 10.1 Å². The predicted octanol–water partition coefficient (Wildman–Crippen LogP) is 4.98. The molecule has 1 aliphatic heterocycles. The molecular formula is C26H24N6OS. The Hall–Kier alpha value is -3.75. The second kappa shape index (κ2) is 9.24. The molecule has 0 atom stereocenters. The molecule has 4 heterocycles. The Labute approximate surface area is 201 Å². The van der Waals surface area contributed by atoms with Gasteiger partial charge >= 0.3 is 0 Å². The molecule has 6 rings (SSSR count). The van der Waals surface area contributed by atoms with E-state index in [1.165, 1.54) is 11.1 Å². The standard InChI is InChI=1S/C26H24N6OS/c1-2-6-19(7-3-1)17-32-18-20(21-8-4-5-9-23(21)32)16-27-30-26-28-22-10-15-34-24(22)25(29-26)31-11-13-33-14-12-31/h1-10,15-16,18H,11-14,17H2,(H,28,29,30)/b27-16+. The lowest BCUT2D eigenvalue weighted by molar-refractivity contribution is 0.122. The van der Waals surface area contributed by atoms with Crippen LogP contribution >= 0.6 is 11.3 Å². The van der Waals surface area contributed by atoms with E-state index in [9.17, 15) is 0 Å².